The molecule has 5 nitrogen and oxygen atoms in total. The Bertz CT molecular complexity index is 466. The molecule has 0 fully saturated rings. The summed E-state index contributed by atoms with van der Waals surface area (Å²) in [6.45, 7) is 8.79. The van der Waals surface area contributed by atoms with Crippen molar-refractivity contribution in [2.75, 3.05) is 25.0 Å². The number of para-hydroxylation sites is 1. The van der Waals surface area contributed by atoms with Gasteiger partial charge in [-0.1, -0.05) is 25.1 Å². The van der Waals surface area contributed by atoms with Crippen LogP contribution < -0.4 is 10.6 Å². The summed E-state index contributed by atoms with van der Waals surface area (Å²) in [4.78, 5) is 25.7. The fourth-order valence-electron chi connectivity index (χ4n) is 1.87. The largest absolute Gasteiger partial charge is 0.350 e. The van der Waals surface area contributed by atoms with E-state index in [1.54, 1.807) is 4.90 Å². The summed E-state index contributed by atoms with van der Waals surface area (Å²) in [6.07, 6.45) is 0. The number of hydrogen-bond donors (Lipinski definition) is 2. The van der Waals surface area contributed by atoms with Crippen LogP contribution in [-0.4, -0.2) is 41.9 Å². The van der Waals surface area contributed by atoms with Crippen molar-refractivity contribution in [1.29, 1.82) is 0 Å². The molecule has 0 aromatic heterocycles. The quantitative estimate of drug-likeness (QED) is 0.841. The lowest BCUT2D eigenvalue weighted by Crippen LogP contribution is -2.47. The van der Waals surface area contributed by atoms with Crippen molar-refractivity contribution >= 4 is 17.5 Å². The van der Waals surface area contributed by atoms with Crippen molar-refractivity contribution in [2.45, 2.75) is 33.2 Å². The first-order valence-corrected chi connectivity index (χ1v) is 7.18. The Morgan fingerprint density at radius 1 is 1.05 bits per heavy atom. The molecule has 1 rings (SSSR count). The summed E-state index contributed by atoms with van der Waals surface area (Å²) in [6, 6.07) is 9.29. The van der Waals surface area contributed by atoms with E-state index in [9.17, 15) is 9.59 Å². The molecule has 1 aromatic rings. The number of nitrogens with zero attached hydrogens (tertiary/aromatic N) is 1. The number of carbonyl (C=O) groups is 2. The highest BCUT2D eigenvalue weighted by Gasteiger charge is 2.17. The molecule has 1 aromatic carbocycles. The Kier molecular flexibility index (Phi) is 6.37. The average Bonchev–Trinajstić information content (AvgIpc) is 2.36. The lowest BCUT2D eigenvalue weighted by molar-refractivity contribution is -0.124. The smallest absolute Gasteiger partial charge is 0.238 e. The third-order valence-electron chi connectivity index (χ3n) is 2.75. The molecule has 0 saturated heterocycles. The van der Waals surface area contributed by atoms with Crippen LogP contribution in [0.2, 0.25) is 0 Å². The van der Waals surface area contributed by atoms with Crippen molar-refractivity contribution in [1.82, 2.24) is 10.2 Å². The number of likely N-dealkylation sites (N-methyl/N-ethyl adjacent to an activating group) is 1. The maximum Gasteiger partial charge on any atom is 0.238 e. The number of carbonyl (C=O) groups excluding carboxylic acids is 2. The third kappa shape index (κ3) is 7.46. The van der Waals surface area contributed by atoms with Crippen LogP contribution in [0.5, 0.6) is 0 Å². The second-order valence-electron chi connectivity index (χ2n) is 6.02. The van der Waals surface area contributed by atoms with Gasteiger partial charge in [-0.25, -0.2) is 0 Å². The lowest BCUT2D eigenvalue weighted by atomic mass is 10.1. The van der Waals surface area contributed by atoms with Gasteiger partial charge in [0.05, 0.1) is 13.1 Å². The van der Waals surface area contributed by atoms with E-state index in [1.807, 2.05) is 58.0 Å². The standard InChI is InChI=1S/C16H25N3O2/c1-5-19(12-15(21)18-16(2,3)4)11-14(20)17-13-9-7-6-8-10-13/h6-10H,5,11-12H2,1-4H3,(H,17,20)(H,18,21). The minimum atomic E-state index is -0.261. The molecule has 2 amide bonds. The molecular formula is C16H25N3O2. The van der Waals surface area contributed by atoms with Gasteiger partial charge in [-0.15, -0.1) is 0 Å². The Hall–Kier alpha value is -1.88. The fraction of sp³-hybridized carbons (Fsp3) is 0.500. The Balaban J connectivity index is 2.46. The fourth-order valence-corrected chi connectivity index (χ4v) is 1.87. The van der Waals surface area contributed by atoms with E-state index >= 15 is 0 Å². The van der Waals surface area contributed by atoms with Gasteiger partial charge in [0, 0.05) is 11.2 Å². The molecule has 5 heteroatoms. The lowest BCUT2D eigenvalue weighted by Gasteiger charge is -2.24. The van der Waals surface area contributed by atoms with Gasteiger partial charge in [0.25, 0.3) is 0 Å². The van der Waals surface area contributed by atoms with Gasteiger partial charge in [-0.3, -0.25) is 14.5 Å². The average molecular weight is 291 g/mol. The van der Waals surface area contributed by atoms with E-state index in [1.165, 1.54) is 0 Å². The molecule has 21 heavy (non-hydrogen) atoms. The highest BCUT2D eigenvalue weighted by Crippen LogP contribution is 2.05. The van der Waals surface area contributed by atoms with E-state index < -0.39 is 0 Å². The highest BCUT2D eigenvalue weighted by atomic mass is 16.2. The molecule has 0 saturated carbocycles. The van der Waals surface area contributed by atoms with Gasteiger partial charge in [-0.05, 0) is 39.4 Å². The van der Waals surface area contributed by atoms with E-state index in [2.05, 4.69) is 10.6 Å². The number of rotatable bonds is 6. The monoisotopic (exact) mass is 291 g/mol. The van der Waals surface area contributed by atoms with E-state index in [0.29, 0.717) is 6.54 Å². The van der Waals surface area contributed by atoms with E-state index in [4.69, 9.17) is 0 Å². The van der Waals surface area contributed by atoms with Gasteiger partial charge in [0.2, 0.25) is 11.8 Å². The topological polar surface area (TPSA) is 61.4 Å². The van der Waals surface area contributed by atoms with Crippen molar-refractivity contribution < 1.29 is 9.59 Å². The first-order chi connectivity index (χ1) is 9.80. The van der Waals surface area contributed by atoms with Gasteiger partial charge in [-0.2, -0.15) is 0 Å². The summed E-state index contributed by atoms with van der Waals surface area (Å²) in [5, 5.41) is 5.71. The maximum absolute atomic E-state index is 12.0. The Morgan fingerprint density at radius 3 is 2.14 bits per heavy atom. The zero-order valence-electron chi connectivity index (χ0n) is 13.3. The molecule has 0 atom stereocenters. The van der Waals surface area contributed by atoms with Gasteiger partial charge in [0.1, 0.15) is 0 Å². The minimum absolute atomic E-state index is 0.0724. The number of hydrogen-bond acceptors (Lipinski definition) is 3. The van der Waals surface area contributed by atoms with Crippen molar-refractivity contribution in [3.63, 3.8) is 0 Å². The molecule has 0 heterocycles. The highest BCUT2D eigenvalue weighted by molar-refractivity contribution is 5.92. The molecule has 0 aliphatic carbocycles. The second kappa shape index (κ2) is 7.78. The molecule has 0 aliphatic heterocycles. The van der Waals surface area contributed by atoms with Crippen molar-refractivity contribution in [2.24, 2.45) is 0 Å². The summed E-state index contributed by atoms with van der Waals surface area (Å²) in [5.41, 5.74) is 0.501. The number of amides is 2. The van der Waals surface area contributed by atoms with Gasteiger partial charge >= 0.3 is 0 Å². The number of anilines is 1. The Labute approximate surface area is 126 Å². The molecule has 116 valence electrons. The van der Waals surface area contributed by atoms with Crippen LogP contribution >= 0.6 is 0 Å². The SMILES string of the molecule is CCN(CC(=O)Nc1ccccc1)CC(=O)NC(C)(C)C. The van der Waals surface area contributed by atoms with Gasteiger partial charge in [0.15, 0.2) is 0 Å². The van der Waals surface area contributed by atoms with Crippen molar-refractivity contribution in [3.05, 3.63) is 30.3 Å². The first kappa shape index (κ1) is 17.2. The first-order valence-electron chi connectivity index (χ1n) is 7.18. The van der Waals surface area contributed by atoms with Crippen LogP contribution in [0.25, 0.3) is 0 Å². The molecule has 2 N–H and O–H groups in total. The van der Waals surface area contributed by atoms with Crippen LogP contribution in [0.4, 0.5) is 5.69 Å². The predicted octanol–water partition coefficient (Wildman–Crippen LogP) is 1.86. The number of benzene rings is 1. The molecule has 0 spiro atoms. The minimum Gasteiger partial charge on any atom is -0.350 e. The zero-order valence-corrected chi connectivity index (χ0v) is 13.3. The zero-order chi connectivity index (χ0) is 15.9. The molecule has 0 radical (unpaired) electrons. The summed E-state index contributed by atoms with van der Waals surface area (Å²) in [7, 11) is 0. The van der Waals surface area contributed by atoms with Gasteiger partial charge < -0.3 is 10.6 Å². The van der Waals surface area contributed by atoms with Crippen LogP contribution in [0, 0.1) is 0 Å². The van der Waals surface area contributed by atoms with E-state index in [0.717, 1.165) is 5.69 Å². The van der Waals surface area contributed by atoms with Crippen LogP contribution in [0.3, 0.4) is 0 Å². The number of nitrogens with one attached hydrogen (secondary N) is 2. The molecule has 0 bridgehead atoms. The van der Waals surface area contributed by atoms with Crippen LogP contribution in [-0.2, 0) is 9.59 Å². The van der Waals surface area contributed by atoms with E-state index in [-0.39, 0.29) is 30.4 Å². The van der Waals surface area contributed by atoms with Crippen LogP contribution in [0.1, 0.15) is 27.7 Å². The van der Waals surface area contributed by atoms with Crippen molar-refractivity contribution in [3.8, 4) is 0 Å². The molecule has 0 unspecified atom stereocenters. The predicted molar refractivity (Wildman–Crippen MR) is 85.1 cm³/mol. The Morgan fingerprint density at radius 2 is 1.62 bits per heavy atom. The normalized spacial score (nSPS) is 11.3. The molecular weight excluding hydrogens is 266 g/mol. The molecule has 0 aliphatic rings. The maximum atomic E-state index is 12.0. The van der Waals surface area contributed by atoms with Crippen LogP contribution in [0.15, 0.2) is 30.3 Å². The summed E-state index contributed by atoms with van der Waals surface area (Å²) < 4.78 is 0. The summed E-state index contributed by atoms with van der Waals surface area (Å²) >= 11 is 0. The summed E-state index contributed by atoms with van der Waals surface area (Å²) in [5.74, 6) is -0.191. The second-order valence-corrected chi connectivity index (χ2v) is 6.02. The third-order valence-corrected chi connectivity index (χ3v) is 2.75.